The highest BCUT2D eigenvalue weighted by Gasteiger charge is 2.13. The number of nitrogens with one attached hydrogen (secondary N) is 1. The molecule has 0 heterocycles. The fourth-order valence-corrected chi connectivity index (χ4v) is 1.72. The van der Waals surface area contributed by atoms with Gasteiger partial charge in [0.1, 0.15) is 0 Å². The average molecular weight is 230 g/mol. The second kappa shape index (κ2) is 8.97. The van der Waals surface area contributed by atoms with E-state index in [0.717, 1.165) is 26.1 Å². The molecular weight excluding hydrogens is 200 g/mol. The highest BCUT2D eigenvalue weighted by molar-refractivity contribution is 4.69. The lowest BCUT2D eigenvalue weighted by Crippen LogP contribution is -2.42. The third-order valence-electron chi connectivity index (χ3n) is 2.62. The summed E-state index contributed by atoms with van der Waals surface area (Å²) in [4.78, 5) is 2.34. The third kappa shape index (κ3) is 8.08. The molecule has 0 saturated heterocycles. The van der Waals surface area contributed by atoms with Crippen LogP contribution in [0.1, 0.15) is 41.0 Å². The Morgan fingerprint density at radius 3 is 2.19 bits per heavy atom. The van der Waals surface area contributed by atoms with Gasteiger partial charge in [-0.25, -0.2) is 0 Å². The summed E-state index contributed by atoms with van der Waals surface area (Å²) in [5.41, 5.74) is 0. The number of hydrogen-bond acceptors (Lipinski definition) is 3. The Kier molecular flexibility index (Phi) is 8.90. The van der Waals surface area contributed by atoms with Crippen molar-refractivity contribution in [2.45, 2.75) is 53.2 Å². The fraction of sp³-hybridized carbons (Fsp3) is 1.00. The summed E-state index contributed by atoms with van der Waals surface area (Å²) in [6, 6.07) is 0.514. The van der Waals surface area contributed by atoms with E-state index in [1.807, 2.05) is 0 Å². The number of nitrogens with zero attached hydrogens (tertiary/aromatic N) is 1. The standard InChI is InChI=1S/C13H30N2O/c1-6-7-15(12(4)5)10-13(16)9-14-8-11(2)3/h11-14,16H,6-10H2,1-5H3. The van der Waals surface area contributed by atoms with E-state index in [-0.39, 0.29) is 6.10 Å². The SMILES string of the molecule is CCCN(CC(O)CNCC(C)C)C(C)C. The summed E-state index contributed by atoms with van der Waals surface area (Å²) in [7, 11) is 0. The summed E-state index contributed by atoms with van der Waals surface area (Å²) in [6.45, 7) is 14.4. The summed E-state index contributed by atoms with van der Waals surface area (Å²) >= 11 is 0. The Bertz CT molecular complexity index is 160. The molecule has 0 radical (unpaired) electrons. The Morgan fingerprint density at radius 1 is 1.12 bits per heavy atom. The predicted octanol–water partition coefficient (Wildman–Crippen LogP) is 1.71. The molecule has 0 aliphatic heterocycles. The number of hydrogen-bond donors (Lipinski definition) is 2. The van der Waals surface area contributed by atoms with Crippen LogP contribution in [0.2, 0.25) is 0 Å². The molecule has 2 N–H and O–H groups in total. The lowest BCUT2D eigenvalue weighted by Gasteiger charge is -2.28. The van der Waals surface area contributed by atoms with Crippen LogP contribution in [0, 0.1) is 5.92 Å². The Balaban J connectivity index is 3.76. The molecule has 0 aromatic rings. The molecule has 16 heavy (non-hydrogen) atoms. The zero-order chi connectivity index (χ0) is 12.6. The zero-order valence-corrected chi connectivity index (χ0v) is 11.7. The van der Waals surface area contributed by atoms with E-state index in [1.165, 1.54) is 0 Å². The minimum Gasteiger partial charge on any atom is -0.390 e. The van der Waals surface area contributed by atoms with Crippen molar-refractivity contribution in [3.05, 3.63) is 0 Å². The van der Waals surface area contributed by atoms with E-state index in [4.69, 9.17) is 0 Å². The van der Waals surface area contributed by atoms with E-state index >= 15 is 0 Å². The van der Waals surface area contributed by atoms with Gasteiger partial charge in [0.15, 0.2) is 0 Å². The van der Waals surface area contributed by atoms with Crippen molar-refractivity contribution < 1.29 is 5.11 Å². The van der Waals surface area contributed by atoms with Crippen LogP contribution in [0.25, 0.3) is 0 Å². The van der Waals surface area contributed by atoms with Crippen LogP contribution in [0.5, 0.6) is 0 Å². The number of aliphatic hydroxyl groups excluding tert-OH is 1. The van der Waals surface area contributed by atoms with Gasteiger partial charge in [0.05, 0.1) is 6.10 Å². The van der Waals surface area contributed by atoms with Gasteiger partial charge in [-0.1, -0.05) is 20.8 Å². The van der Waals surface area contributed by atoms with Crippen LogP contribution < -0.4 is 5.32 Å². The molecule has 0 aliphatic carbocycles. The Labute approximate surface area is 101 Å². The van der Waals surface area contributed by atoms with Gasteiger partial charge < -0.3 is 10.4 Å². The number of aliphatic hydroxyl groups is 1. The van der Waals surface area contributed by atoms with Gasteiger partial charge in [-0.15, -0.1) is 0 Å². The van der Waals surface area contributed by atoms with Crippen molar-refractivity contribution >= 4 is 0 Å². The van der Waals surface area contributed by atoms with Gasteiger partial charge in [-0.05, 0) is 39.3 Å². The van der Waals surface area contributed by atoms with Crippen molar-refractivity contribution in [1.29, 1.82) is 0 Å². The van der Waals surface area contributed by atoms with Gasteiger partial charge in [0.2, 0.25) is 0 Å². The minimum absolute atomic E-state index is 0.257. The molecule has 1 unspecified atom stereocenters. The molecule has 0 rings (SSSR count). The first-order valence-corrected chi connectivity index (χ1v) is 6.60. The lowest BCUT2D eigenvalue weighted by atomic mass is 10.2. The molecule has 0 aromatic heterocycles. The fourth-order valence-electron chi connectivity index (χ4n) is 1.72. The third-order valence-corrected chi connectivity index (χ3v) is 2.62. The molecule has 0 bridgehead atoms. The topological polar surface area (TPSA) is 35.5 Å². The summed E-state index contributed by atoms with van der Waals surface area (Å²) < 4.78 is 0. The molecule has 0 amide bonds. The highest BCUT2D eigenvalue weighted by atomic mass is 16.3. The molecule has 1 atom stereocenters. The molecule has 98 valence electrons. The van der Waals surface area contributed by atoms with E-state index in [0.29, 0.717) is 18.5 Å². The average Bonchev–Trinajstić information content (AvgIpc) is 2.16. The maximum atomic E-state index is 9.90. The summed E-state index contributed by atoms with van der Waals surface area (Å²) in [5.74, 6) is 0.643. The summed E-state index contributed by atoms with van der Waals surface area (Å²) in [6.07, 6.45) is 0.886. The molecule has 0 fully saturated rings. The molecule has 3 nitrogen and oxygen atoms in total. The van der Waals surface area contributed by atoms with Crippen LogP contribution >= 0.6 is 0 Å². The summed E-state index contributed by atoms with van der Waals surface area (Å²) in [5, 5.41) is 13.2. The maximum absolute atomic E-state index is 9.90. The largest absolute Gasteiger partial charge is 0.390 e. The zero-order valence-electron chi connectivity index (χ0n) is 11.7. The van der Waals surface area contributed by atoms with Gasteiger partial charge in [0.25, 0.3) is 0 Å². The second-order valence-electron chi connectivity index (χ2n) is 5.29. The van der Waals surface area contributed by atoms with Crippen molar-refractivity contribution in [3.8, 4) is 0 Å². The van der Waals surface area contributed by atoms with E-state index < -0.39 is 0 Å². The van der Waals surface area contributed by atoms with Crippen molar-refractivity contribution in [3.63, 3.8) is 0 Å². The first-order valence-electron chi connectivity index (χ1n) is 6.60. The Morgan fingerprint density at radius 2 is 1.75 bits per heavy atom. The van der Waals surface area contributed by atoms with Gasteiger partial charge in [-0.3, -0.25) is 4.90 Å². The van der Waals surface area contributed by atoms with Crippen LogP contribution in [0.15, 0.2) is 0 Å². The molecule has 0 aromatic carbocycles. The lowest BCUT2D eigenvalue weighted by molar-refractivity contribution is 0.0941. The van der Waals surface area contributed by atoms with Crippen LogP contribution in [0.4, 0.5) is 0 Å². The first-order chi connectivity index (χ1) is 7.47. The van der Waals surface area contributed by atoms with Gasteiger partial charge in [-0.2, -0.15) is 0 Å². The quantitative estimate of drug-likeness (QED) is 0.633. The van der Waals surface area contributed by atoms with E-state index in [1.54, 1.807) is 0 Å². The van der Waals surface area contributed by atoms with E-state index in [2.05, 4.69) is 44.8 Å². The van der Waals surface area contributed by atoms with Crippen LogP contribution in [-0.2, 0) is 0 Å². The molecule has 3 heteroatoms. The van der Waals surface area contributed by atoms with E-state index in [9.17, 15) is 5.11 Å². The van der Waals surface area contributed by atoms with Crippen molar-refractivity contribution in [1.82, 2.24) is 10.2 Å². The second-order valence-corrected chi connectivity index (χ2v) is 5.29. The first kappa shape index (κ1) is 15.9. The van der Waals surface area contributed by atoms with Gasteiger partial charge >= 0.3 is 0 Å². The van der Waals surface area contributed by atoms with Crippen molar-refractivity contribution in [2.24, 2.45) is 5.92 Å². The van der Waals surface area contributed by atoms with Crippen molar-refractivity contribution in [2.75, 3.05) is 26.2 Å². The number of rotatable bonds is 9. The molecule has 0 aliphatic rings. The minimum atomic E-state index is -0.257. The van der Waals surface area contributed by atoms with Crippen LogP contribution in [0.3, 0.4) is 0 Å². The molecular formula is C13H30N2O. The predicted molar refractivity (Wildman–Crippen MR) is 70.7 cm³/mol. The van der Waals surface area contributed by atoms with Crippen LogP contribution in [-0.4, -0.2) is 48.3 Å². The smallest absolute Gasteiger partial charge is 0.0791 e. The normalized spacial score (nSPS) is 14.1. The highest BCUT2D eigenvalue weighted by Crippen LogP contribution is 2.01. The monoisotopic (exact) mass is 230 g/mol. The van der Waals surface area contributed by atoms with Gasteiger partial charge in [0, 0.05) is 19.1 Å². The molecule has 0 spiro atoms. The molecule has 0 saturated carbocycles. The maximum Gasteiger partial charge on any atom is 0.0791 e. The Hall–Kier alpha value is -0.120.